The van der Waals surface area contributed by atoms with Crippen LogP contribution in [-0.4, -0.2) is 55.5 Å². The number of hydrogen-bond donors (Lipinski definition) is 1. The fraction of sp³-hybridized carbons (Fsp3) is 1.00. The molecule has 0 aliphatic carbocycles. The molecule has 4 nitrogen and oxygen atoms in total. The van der Waals surface area contributed by atoms with Crippen LogP contribution < -0.4 is 5.32 Å². The van der Waals surface area contributed by atoms with E-state index in [1.54, 1.807) is 0 Å². The van der Waals surface area contributed by atoms with Crippen molar-refractivity contribution in [3.63, 3.8) is 0 Å². The van der Waals surface area contributed by atoms with Crippen LogP contribution in [0.2, 0.25) is 0 Å². The van der Waals surface area contributed by atoms with Crippen molar-refractivity contribution in [3.05, 3.63) is 0 Å². The van der Waals surface area contributed by atoms with Crippen LogP contribution in [0.3, 0.4) is 0 Å². The SMILES string of the molecule is CC(CC1CC(C(C)(C)C)CCS1(=O)=O)N1C[C@H]2C[C@@H]1CN2. The third kappa shape index (κ3) is 3.22. The van der Waals surface area contributed by atoms with E-state index in [0.717, 1.165) is 32.4 Å². The van der Waals surface area contributed by atoms with Gasteiger partial charge in [-0.25, -0.2) is 8.42 Å². The Bertz CT molecular complexity index is 511. The zero-order valence-electron chi connectivity index (χ0n) is 14.5. The first-order valence-corrected chi connectivity index (χ1v) is 10.6. The molecule has 0 aromatic carbocycles. The highest BCUT2D eigenvalue weighted by Gasteiger charge is 2.43. The molecule has 3 fully saturated rings. The Labute approximate surface area is 135 Å². The number of rotatable bonds is 3. The van der Waals surface area contributed by atoms with E-state index in [4.69, 9.17) is 0 Å². The summed E-state index contributed by atoms with van der Waals surface area (Å²) in [5, 5.41) is 3.40. The number of nitrogens with one attached hydrogen (secondary N) is 1. The minimum atomic E-state index is -2.90. The van der Waals surface area contributed by atoms with Gasteiger partial charge in [-0.2, -0.15) is 0 Å². The Balaban J connectivity index is 1.66. The Kier molecular flexibility index (Phi) is 4.37. The maximum Gasteiger partial charge on any atom is 0.153 e. The van der Waals surface area contributed by atoms with Crippen LogP contribution in [0.5, 0.6) is 0 Å². The average Bonchev–Trinajstić information content (AvgIpc) is 3.02. The second-order valence-electron chi connectivity index (χ2n) is 8.85. The van der Waals surface area contributed by atoms with Crippen LogP contribution in [0.4, 0.5) is 0 Å². The summed E-state index contributed by atoms with van der Waals surface area (Å²) >= 11 is 0. The van der Waals surface area contributed by atoms with E-state index in [2.05, 4.69) is 37.9 Å². The molecule has 128 valence electrons. The topological polar surface area (TPSA) is 49.4 Å². The molecular formula is C17H32N2O2S. The molecule has 1 N–H and O–H groups in total. The van der Waals surface area contributed by atoms with E-state index in [1.807, 2.05) is 0 Å². The van der Waals surface area contributed by atoms with Gasteiger partial charge in [0, 0.05) is 31.2 Å². The van der Waals surface area contributed by atoms with Crippen molar-refractivity contribution in [3.8, 4) is 0 Å². The molecule has 3 heterocycles. The van der Waals surface area contributed by atoms with Gasteiger partial charge in [-0.3, -0.25) is 4.90 Å². The number of sulfone groups is 1. The second-order valence-corrected chi connectivity index (χ2v) is 11.3. The monoisotopic (exact) mass is 328 g/mol. The fourth-order valence-electron chi connectivity index (χ4n) is 4.73. The number of likely N-dealkylation sites (tertiary alicyclic amines) is 1. The van der Waals surface area contributed by atoms with Gasteiger partial charge >= 0.3 is 0 Å². The van der Waals surface area contributed by atoms with E-state index in [9.17, 15) is 8.42 Å². The van der Waals surface area contributed by atoms with E-state index < -0.39 is 9.84 Å². The molecule has 5 atom stereocenters. The van der Waals surface area contributed by atoms with Gasteiger partial charge in [0.2, 0.25) is 0 Å². The summed E-state index contributed by atoms with van der Waals surface area (Å²) < 4.78 is 25.1. The highest BCUT2D eigenvalue weighted by atomic mass is 32.2. The summed E-state index contributed by atoms with van der Waals surface area (Å²) in [5.74, 6) is 0.921. The summed E-state index contributed by atoms with van der Waals surface area (Å²) in [6, 6.07) is 1.65. The Morgan fingerprint density at radius 1 is 1.27 bits per heavy atom. The van der Waals surface area contributed by atoms with Gasteiger partial charge in [-0.15, -0.1) is 0 Å². The van der Waals surface area contributed by atoms with Crippen molar-refractivity contribution in [1.82, 2.24) is 10.2 Å². The largest absolute Gasteiger partial charge is 0.311 e. The molecule has 3 aliphatic rings. The van der Waals surface area contributed by atoms with Crippen molar-refractivity contribution in [2.45, 2.75) is 76.8 Å². The smallest absolute Gasteiger partial charge is 0.153 e. The lowest BCUT2D eigenvalue weighted by Crippen LogP contribution is -2.49. The Morgan fingerprint density at radius 2 is 2.00 bits per heavy atom. The molecule has 0 radical (unpaired) electrons. The van der Waals surface area contributed by atoms with Crippen LogP contribution >= 0.6 is 0 Å². The van der Waals surface area contributed by atoms with E-state index in [1.165, 1.54) is 6.42 Å². The molecule has 3 saturated heterocycles. The Morgan fingerprint density at radius 3 is 2.55 bits per heavy atom. The first-order chi connectivity index (χ1) is 10.2. The van der Waals surface area contributed by atoms with Gasteiger partial charge in [0.15, 0.2) is 9.84 Å². The number of nitrogens with zero attached hydrogens (tertiary/aromatic N) is 1. The van der Waals surface area contributed by atoms with Crippen molar-refractivity contribution in [2.24, 2.45) is 11.3 Å². The third-order valence-electron chi connectivity index (χ3n) is 6.30. The van der Waals surface area contributed by atoms with Crippen LogP contribution in [-0.2, 0) is 9.84 Å². The zero-order valence-corrected chi connectivity index (χ0v) is 15.3. The fourth-order valence-corrected chi connectivity index (χ4v) is 6.78. The molecule has 3 aliphatic heterocycles. The van der Waals surface area contributed by atoms with E-state index in [-0.39, 0.29) is 10.7 Å². The summed E-state index contributed by atoms with van der Waals surface area (Å²) in [6.45, 7) is 11.2. The molecule has 3 unspecified atom stereocenters. The zero-order chi connectivity index (χ0) is 16.1. The predicted molar refractivity (Wildman–Crippen MR) is 90.7 cm³/mol. The highest BCUT2D eigenvalue weighted by molar-refractivity contribution is 7.92. The first kappa shape index (κ1) is 16.7. The van der Waals surface area contributed by atoms with Gasteiger partial charge < -0.3 is 5.32 Å². The lowest BCUT2D eigenvalue weighted by molar-refractivity contribution is 0.150. The molecule has 0 saturated carbocycles. The Hall–Kier alpha value is -0.130. The number of fused-ring (bicyclic) bond motifs is 2. The van der Waals surface area contributed by atoms with Crippen LogP contribution in [0, 0.1) is 11.3 Å². The number of hydrogen-bond acceptors (Lipinski definition) is 4. The summed E-state index contributed by atoms with van der Waals surface area (Å²) in [6.07, 6.45) is 3.76. The minimum absolute atomic E-state index is 0.132. The summed E-state index contributed by atoms with van der Waals surface area (Å²) in [5.41, 5.74) is 0.216. The lowest BCUT2D eigenvalue weighted by Gasteiger charge is -2.40. The average molecular weight is 329 g/mol. The molecule has 0 aromatic heterocycles. The van der Waals surface area contributed by atoms with Crippen molar-refractivity contribution >= 4 is 9.84 Å². The molecule has 0 spiro atoms. The molecule has 3 rings (SSSR count). The minimum Gasteiger partial charge on any atom is -0.311 e. The first-order valence-electron chi connectivity index (χ1n) is 8.87. The van der Waals surface area contributed by atoms with Crippen LogP contribution in [0.15, 0.2) is 0 Å². The quantitative estimate of drug-likeness (QED) is 0.861. The second kappa shape index (κ2) is 5.75. The predicted octanol–water partition coefficient (Wildman–Crippen LogP) is 2.05. The summed E-state index contributed by atoms with van der Waals surface area (Å²) in [7, 11) is -2.90. The van der Waals surface area contributed by atoms with E-state index in [0.29, 0.717) is 29.8 Å². The highest BCUT2D eigenvalue weighted by Crippen LogP contribution is 2.39. The molecule has 2 bridgehead atoms. The van der Waals surface area contributed by atoms with Crippen molar-refractivity contribution in [2.75, 3.05) is 18.8 Å². The standard InChI is InChI=1S/C17H32N2O2S/c1-12(19-11-14-9-15(19)10-18-14)7-16-8-13(17(2,3)4)5-6-22(16,20)21/h12-16,18H,5-11H2,1-4H3/t12?,13?,14-,15-,16?/m1/s1. The van der Waals surface area contributed by atoms with Gasteiger partial charge in [0.25, 0.3) is 0 Å². The molecule has 5 heteroatoms. The van der Waals surface area contributed by atoms with Crippen molar-refractivity contribution in [1.29, 1.82) is 0 Å². The summed E-state index contributed by atoms with van der Waals surface area (Å²) in [4.78, 5) is 2.55. The van der Waals surface area contributed by atoms with E-state index >= 15 is 0 Å². The maximum atomic E-state index is 12.5. The molecule has 0 amide bonds. The van der Waals surface area contributed by atoms with Gasteiger partial charge in [-0.1, -0.05) is 20.8 Å². The van der Waals surface area contributed by atoms with Gasteiger partial charge in [0.1, 0.15) is 0 Å². The lowest BCUT2D eigenvalue weighted by atomic mass is 9.76. The van der Waals surface area contributed by atoms with Crippen molar-refractivity contribution < 1.29 is 8.42 Å². The molecule has 22 heavy (non-hydrogen) atoms. The van der Waals surface area contributed by atoms with Gasteiger partial charge in [0.05, 0.1) is 11.0 Å². The van der Waals surface area contributed by atoms with Gasteiger partial charge in [-0.05, 0) is 43.9 Å². The molecular weight excluding hydrogens is 296 g/mol. The normalized spacial score (nSPS) is 40.0. The molecule has 0 aromatic rings. The van der Waals surface area contributed by atoms with Crippen LogP contribution in [0.1, 0.15) is 53.4 Å². The maximum absolute atomic E-state index is 12.5. The third-order valence-corrected chi connectivity index (χ3v) is 8.51. The van der Waals surface area contributed by atoms with Crippen LogP contribution in [0.25, 0.3) is 0 Å². The number of piperazine rings is 1.